The first-order chi connectivity index (χ1) is 12.0. The monoisotopic (exact) mass is 397 g/mol. The van der Waals surface area contributed by atoms with Gasteiger partial charge in [-0.3, -0.25) is 9.59 Å². The fourth-order valence-electron chi connectivity index (χ4n) is 2.85. The van der Waals surface area contributed by atoms with Crippen molar-refractivity contribution in [1.82, 2.24) is 14.7 Å². The van der Waals surface area contributed by atoms with Gasteiger partial charge >= 0.3 is 0 Å². The van der Waals surface area contributed by atoms with E-state index in [4.69, 9.17) is 17.3 Å². The van der Waals surface area contributed by atoms with Crippen LogP contribution in [0, 0.1) is 0 Å². The molecule has 26 heavy (non-hydrogen) atoms. The Kier molecular flexibility index (Phi) is 6.63. The van der Waals surface area contributed by atoms with Gasteiger partial charge in [0, 0.05) is 26.2 Å². The van der Waals surface area contributed by atoms with E-state index in [2.05, 4.69) is 5.10 Å². The van der Waals surface area contributed by atoms with Gasteiger partial charge in [0.15, 0.2) is 0 Å². The molecule has 1 amide bonds. The zero-order chi connectivity index (χ0) is 18.0. The summed E-state index contributed by atoms with van der Waals surface area (Å²) >= 11 is 6.32. The molecule has 1 aliphatic heterocycles. The first kappa shape index (κ1) is 20.2. The topological polar surface area (TPSA) is 84.5 Å². The van der Waals surface area contributed by atoms with Crippen LogP contribution in [0.25, 0.3) is 5.69 Å². The molecule has 2 aromatic rings. The van der Waals surface area contributed by atoms with Gasteiger partial charge in [-0.1, -0.05) is 29.8 Å². The number of benzene rings is 1. The van der Waals surface area contributed by atoms with Gasteiger partial charge in [-0.15, -0.1) is 12.4 Å². The van der Waals surface area contributed by atoms with E-state index < -0.39 is 6.04 Å². The third-order valence-electron chi connectivity index (χ3n) is 4.22. The Balaban J connectivity index is 0.00000243. The molecule has 1 fully saturated rings. The van der Waals surface area contributed by atoms with E-state index in [1.165, 1.54) is 4.68 Å². The van der Waals surface area contributed by atoms with Gasteiger partial charge in [0.05, 0.1) is 23.6 Å². The van der Waals surface area contributed by atoms with Crippen LogP contribution in [-0.4, -0.2) is 52.8 Å². The number of piperazine rings is 1. The minimum Gasteiger partial charge on any atom is -0.365 e. The Morgan fingerprint density at radius 2 is 1.81 bits per heavy atom. The number of aromatic nitrogens is 2. The van der Waals surface area contributed by atoms with Crippen LogP contribution in [0.4, 0.5) is 5.69 Å². The number of nitrogens with zero attached hydrogens (tertiary/aromatic N) is 4. The average molecular weight is 398 g/mol. The van der Waals surface area contributed by atoms with Crippen LogP contribution in [0.2, 0.25) is 5.02 Å². The maximum Gasteiger partial charge on any atom is 0.292 e. The number of halogens is 2. The van der Waals surface area contributed by atoms with Crippen molar-refractivity contribution in [1.29, 1.82) is 0 Å². The Morgan fingerprint density at radius 3 is 2.38 bits per heavy atom. The first-order valence-electron chi connectivity index (χ1n) is 8.11. The molecule has 1 aliphatic rings. The Bertz CT molecular complexity index is 818. The molecule has 0 bridgehead atoms. The predicted octanol–water partition coefficient (Wildman–Crippen LogP) is 1.30. The van der Waals surface area contributed by atoms with Crippen molar-refractivity contribution < 1.29 is 4.79 Å². The van der Waals surface area contributed by atoms with Crippen LogP contribution in [0.3, 0.4) is 0 Å². The average Bonchev–Trinajstić information content (AvgIpc) is 2.64. The van der Waals surface area contributed by atoms with Crippen molar-refractivity contribution in [2.45, 2.75) is 13.0 Å². The van der Waals surface area contributed by atoms with E-state index >= 15 is 0 Å². The fraction of sp³-hybridized carbons (Fsp3) is 0.353. The lowest BCUT2D eigenvalue weighted by Crippen LogP contribution is -2.52. The van der Waals surface area contributed by atoms with E-state index in [9.17, 15) is 9.59 Å². The third-order valence-corrected chi connectivity index (χ3v) is 4.58. The van der Waals surface area contributed by atoms with E-state index in [0.29, 0.717) is 37.6 Å². The van der Waals surface area contributed by atoms with E-state index in [1.807, 2.05) is 23.1 Å². The molecule has 2 heterocycles. The highest BCUT2D eigenvalue weighted by atomic mass is 35.5. The molecular formula is C17H21Cl2N5O2. The maximum atomic E-state index is 12.6. The number of rotatable bonds is 3. The largest absolute Gasteiger partial charge is 0.365 e. The van der Waals surface area contributed by atoms with Gasteiger partial charge in [-0.25, -0.2) is 0 Å². The highest BCUT2D eigenvalue weighted by molar-refractivity contribution is 6.33. The highest BCUT2D eigenvalue weighted by Crippen LogP contribution is 2.23. The summed E-state index contributed by atoms with van der Waals surface area (Å²) in [7, 11) is 0. The molecule has 0 radical (unpaired) electrons. The van der Waals surface area contributed by atoms with Crippen molar-refractivity contribution >= 4 is 35.6 Å². The van der Waals surface area contributed by atoms with Gasteiger partial charge in [-0.2, -0.15) is 9.78 Å². The number of anilines is 1. The molecule has 140 valence electrons. The van der Waals surface area contributed by atoms with Crippen LogP contribution < -0.4 is 16.2 Å². The Morgan fingerprint density at radius 1 is 1.19 bits per heavy atom. The molecule has 0 spiro atoms. The molecule has 1 aromatic carbocycles. The molecule has 1 unspecified atom stereocenters. The number of hydrogen-bond donors (Lipinski definition) is 1. The number of carbonyl (C=O) groups excluding carboxylic acids is 1. The quantitative estimate of drug-likeness (QED) is 0.843. The zero-order valence-corrected chi connectivity index (χ0v) is 15.9. The molecule has 0 saturated carbocycles. The smallest absolute Gasteiger partial charge is 0.292 e. The summed E-state index contributed by atoms with van der Waals surface area (Å²) < 4.78 is 1.28. The van der Waals surface area contributed by atoms with Crippen molar-refractivity contribution in [3.8, 4) is 5.69 Å². The normalized spacial score (nSPS) is 15.3. The first-order valence-corrected chi connectivity index (χ1v) is 8.49. The number of para-hydroxylation sites is 1. The molecule has 1 saturated heterocycles. The predicted molar refractivity (Wildman–Crippen MR) is 105 cm³/mol. The summed E-state index contributed by atoms with van der Waals surface area (Å²) in [4.78, 5) is 28.2. The third kappa shape index (κ3) is 4.00. The summed E-state index contributed by atoms with van der Waals surface area (Å²) in [6, 6.07) is 8.62. The summed E-state index contributed by atoms with van der Waals surface area (Å²) in [5.74, 6) is -0.0663. The number of hydrogen-bond acceptors (Lipinski definition) is 5. The molecule has 2 N–H and O–H groups in total. The van der Waals surface area contributed by atoms with Crippen LogP contribution in [0.1, 0.15) is 6.92 Å². The van der Waals surface area contributed by atoms with Crippen LogP contribution >= 0.6 is 24.0 Å². The van der Waals surface area contributed by atoms with Crippen LogP contribution in [0.5, 0.6) is 0 Å². The minimum atomic E-state index is -0.508. The van der Waals surface area contributed by atoms with E-state index in [0.717, 1.165) is 0 Å². The lowest BCUT2D eigenvalue weighted by molar-refractivity contribution is -0.132. The Hall–Kier alpha value is -2.09. The SMILES string of the molecule is CC(N)C(=O)N1CCN(c2cnn(-c3ccccc3)c(=O)c2Cl)CC1.Cl. The summed E-state index contributed by atoms with van der Waals surface area (Å²) in [6.07, 6.45) is 1.60. The van der Waals surface area contributed by atoms with Crippen molar-refractivity contribution in [3.05, 3.63) is 51.9 Å². The van der Waals surface area contributed by atoms with Crippen molar-refractivity contribution in [2.24, 2.45) is 5.73 Å². The molecule has 9 heteroatoms. The maximum absolute atomic E-state index is 12.6. The second kappa shape index (κ2) is 8.53. The van der Waals surface area contributed by atoms with Crippen molar-refractivity contribution in [3.63, 3.8) is 0 Å². The van der Waals surface area contributed by atoms with Gasteiger partial charge in [-0.05, 0) is 19.1 Å². The van der Waals surface area contributed by atoms with Gasteiger partial charge < -0.3 is 15.5 Å². The second-order valence-corrected chi connectivity index (χ2v) is 6.38. The fourth-order valence-corrected chi connectivity index (χ4v) is 3.10. The Labute approximate surface area is 162 Å². The molecule has 1 atom stereocenters. The molecule has 7 nitrogen and oxygen atoms in total. The lowest BCUT2D eigenvalue weighted by Gasteiger charge is -2.36. The van der Waals surface area contributed by atoms with E-state index in [-0.39, 0.29) is 28.9 Å². The molecule has 3 rings (SSSR count). The van der Waals surface area contributed by atoms with Crippen LogP contribution in [0.15, 0.2) is 41.3 Å². The second-order valence-electron chi connectivity index (χ2n) is 6.00. The zero-order valence-electron chi connectivity index (χ0n) is 14.3. The minimum absolute atomic E-state index is 0. The van der Waals surface area contributed by atoms with Gasteiger partial charge in [0.2, 0.25) is 5.91 Å². The lowest BCUT2D eigenvalue weighted by atomic mass is 10.2. The van der Waals surface area contributed by atoms with Crippen LogP contribution in [-0.2, 0) is 4.79 Å². The molecule has 1 aromatic heterocycles. The van der Waals surface area contributed by atoms with Gasteiger partial charge in [0.25, 0.3) is 5.56 Å². The number of nitrogens with two attached hydrogens (primary N) is 1. The summed E-state index contributed by atoms with van der Waals surface area (Å²) in [5, 5.41) is 4.37. The molecular weight excluding hydrogens is 377 g/mol. The van der Waals surface area contributed by atoms with E-state index in [1.54, 1.807) is 30.2 Å². The number of amides is 1. The van der Waals surface area contributed by atoms with Gasteiger partial charge in [0.1, 0.15) is 5.02 Å². The summed E-state index contributed by atoms with van der Waals surface area (Å²) in [6.45, 7) is 3.92. The highest BCUT2D eigenvalue weighted by Gasteiger charge is 2.25. The molecule has 0 aliphatic carbocycles. The standard InChI is InChI=1S/C17H20ClN5O2.ClH/c1-12(19)16(24)22-9-7-21(8-10-22)14-11-20-23(17(25)15(14)18)13-5-3-2-4-6-13;/h2-6,11-12H,7-10,19H2,1H3;1H. The summed E-state index contributed by atoms with van der Waals surface area (Å²) in [5.41, 5.74) is 6.54. The van der Waals surface area contributed by atoms with Crippen molar-refractivity contribution in [2.75, 3.05) is 31.1 Å². The number of carbonyl (C=O) groups is 1.